The lowest BCUT2D eigenvalue weighted by Gasteiger charge is -2.05. The van der Waals surface area contributed by atoms with Crippen molar-refractivity contribution < 1.29 is 9.18 Å². The maximum absolute atomic E-state index is 13.2. The zero-order chi connectivity index (χ0) is 20.0. The van der Waals surface area contributed by atoms with E-state index in [9.17, 15) is 9.18 Å². The fraction of sp³-hybridized carbons (Fsp3) is 0.0417. The average molecular weight is 403 g/mol. The standard InChI is InChI=1S/C24H16ClFN2O/c25-17-7-10-20-21(24(29)27-22(20)12-17)11-16-14-28(23-4-2-1-3-19(16)23)13-15-5-8-18(26)9-6-15/h1-12,14H,13H2,(H,27,29)/b21-11+. The van der Waals surface area contributed by atoms with E-state index in [-0.39, 0.29) is 11.7 Å². The lowest BCUT2D eigenvalue weighted by Crippen LogP contribution is -2.03. The molecule has 5 heteroatoms. The summed E-state index contributed by atoms with van der Waals surface area (Å²) in [4.78, 5) is 12.5. The zero-order valence-electron chi connectivity index (χ0n) is 15.3. The van der Waals surface area contributed by atoms with Crippen LogP contribution in [0.4, 0.5) is 10.1 Å². The Hall–Kier alpha value is -3.37. The summed E-state index contributed by atoms with van der Waals surface area (Å²) >= 11 is 6.05. The summed E-state index contributed by atoms with van der Waals surface area (Å²) in [6.45, 7) is 0.613. The van der Waals surface area contributed by atoms with Gasteiger partial charge in [-0.3, -0.25) is 4.79 Å². The Morgan fingerprint density at radius 1 is 1.03 bits per heavy atom. The Morgan fingerprint density at radius 3 is 2.66 bits per heavy atom. The van der Waals surface area contributed by atoms with E-state index in [1.54, 1.807) is 24.3 Å². The maximum Gasteiger partial charge on any atom is 0.256 e. The third kappa shape index (κ3) is 3.22. The number of carbonyl (C=O) groups excluding carboxylic acids is 1. The van der Waals surface area contributed by atoms with Crippen LogP contribution in [-0.2, 0) is 11.3 Å². The number of carbonyl (C=O) groups is 1. The van der Waals surface area contributed by atoms with Crippen LogP contribution in [-0.4, -0.2) is 10.5 Å². The Balaban J connectivity index is 1.61. The molecular weight excluding hydrogens is 387 g/mol. The van der Waals surface area contributed by atoms with Gasteiger partial charge in [-0.1, -0.05) is 48.0 Å². The molecular formula is C24H16ClFN2O. The molecule has 0 bridgehead atoms. The largest absolute Gasteiger partial charge is 0.342 e. The van der Waals surface area contributed by atoms with Gasteiger partial charge >= 0.3 is 0 Å². The predicted octanol–water partition coefficient (Wildman–Crippen LogP) is 5.97. The molecule has 29 heavy (non-hydrogen) atoms. The number of rotatable bonds is 3. The van der Waals surface area contributed by atoms with E-state index in [0.29, 0.717) is 17.1 Å². The van der Waals surface area contributed by atoms with Crippen LogP contribution in [0, 0.1) is 5.82 Å². The van der Waals surface area contributed by atoms with Gasteiger partial charge in [0.1, 0.15) is 5.82 Å². The minimum absolute atomic E-state index is 0.141. The average Bonchev–Trinajstić information content (AvgIpc) is 3.21. The summed E-state index contributed by atoms with van der Waals surface area (Å²) in [7, 11) is 0. The number of hydrogen-bond donors (Lipinski definition) is 1. The van der Waals surface area contributed by atoms with Crippen LogP contribution < -0.4 is 5.32 Å². The van der Waals surface area contributed by atoms with Gasteiger partial charge in [0.25, 0.3) is 5.91 Å². The summed E-state index contributed by atoms with van der Waals surface area (Å²) in [5.41, 5.74) is 5.19. The van der Waals surface area contributed by atoms with E-state index < -0.39 is 0 Å². The van der Waals surface area contributed by atoms with Gasteiger partial charge in [-0.25, -0.2) is 4.39 Å². The summed E-state index contributed by atoms with van der Waals surface area (Å²) < 4.78 is 15.3. The van der Waals surface area contributed by atoms with E-state index >= 15 is 0 Å². The SMILES string of the molecule is O=C1Nc2cc(Cl)ccc2/C1=C\c1cn(Cc2ccc(F)cc2)c2ccccc12. The van der Waals surface area contributed by atoms with Crippen LogP contribution in [0.3, 0.4) is 0 Å². The van der Waals surface area contributed by atoms with E-state index in [0.717, 1.165) is 33.3 Å². The lowest BCUT2D eigenvalue weighted by molar-refractivity contribution is -0.110. The molecule has 0 atom stereocenters. The first-order valence-electron chi connectivity index (χ1n) is 9.24. The maximum atomic E-state index is 13.2. The fourth-order valence-electron chi connectivity index (χ4n) is 3.77. The molecule has 1 amide bonds. The van der Waals surface area contributed by atoms with Crippen molar-refractivity contribution in [1.82, 2.24) is 4.57 Å². The van der Waals surface area contributed by atoms with Gasteiger partial charge in [0.15, 0.2) is 0 Å². The number of hydrogen-bond acceptors (Lipinski definition) is 1. The van der Waals surface area contributed by atoms with Crippen LogP contribution >= 0.6 is 11.6 Å². The number of fused-ring (bicyclic) bond motifs is 2. The molecule has 3 nitrogen and oxygen atoms in total. The van der Waals surface area contributed by atoms with Crippen molar-refractivity contribution in [3.05, 3.63) is 100 Å². The smallest absolute Gasteiger partial charge is 0.256 e. The van der Waals surface area contributed by atoms with Crippen molar-refractivity contribution in [3.8, 4) is 0 Å². The number of amides is 1. The topological polar surface area (TPSA) is 34.0 Å². The number of nitrogens with zero attached hydrogens (tertiary/aromatic N) is 1. The van der Waals surface area contributed by atoms with E-state index in [1.807, 2.05) is 42.6 Å². The first kappa shape index (κ1) is 17.7. The molecule has 0 spiro atoms. The normalized spacial score (nSPS) is 14.4. The van der Waals surface area contributed by atoms with Gasteiger partial charge in [0.2, 0.25) is 0 Å². The van der Waals surface area contributed by atoms with Gasteiger partial charge in [-0.2, -0.15) is 0 Å². The zero-order valence-corrected chi connectivity index (χ0v) is 16.1. The number of para-hydroxylation sites is 1. The second kappa shape index (κ2) is 6.90. The van der Waals surface area contributed by atoms with Crippen molar-refractivity contribution in [2.24, 2.45) is 0 Å². The van der Waals surface area contributed by atoms with Gasteiger partial charge in [0, 0.05) is 45.4 Å². The van der Waals surface area contributed by atoms with Gasteiger partial charge in [-0.15, -0.1) is 0 Å². The number of nitrogens with one attached hydrogen (secondary N) is 1. The van der Waals surface area contributed by atoms with Crippen molar-refractivity contribution in [2.75, 3.05) is 5.32 Å². The number of halogens is 2. The molecule has 0 saturated carbocycles. The first-order valence-corrected chi connectivity index (χ1v) is 9.61. The highest BCUT2D eigenvalue weighted by Crippen LogP contribution is 2.36. The van der Waals surface area contributed by atoms with Gasteiger partial charge in [-0.05, 0) is 42.0 Å². The molecule has 1 aliphatic heterocycles. The van der Waals surface area contributed by atoms with Crippen molar-refractivity contribution in [3.63, 3.8) is 0 Å². The highest BCUT2D eigenvalue weighted by molar-refractivity contribution is 6.36. The Morgan fingerprint density at radius 2 is 1.83 bits per heavy atom. The minimum atomic E-state index is -0.248. The molecule has 0 aliphatic carbocycles. The highest BCUT2D eigenvalue weighted by Gasteiger charge is 2.24. The van der Waals surface area contributed by atoms with Crippen molar-refractivity contribution >= 4 is 45.7 Å². The summed E-state index contributed by atoms with van der Waals surface area (Å²) in [5.74, 6) is -0.389. The third-order valence-corrected chi connectivity index (χ3v) is 5.39. The first-order chi connectivity index (χ1) is 14.1. The van der Waals surface area contributed by atoms with E-state index in [1.165, 1.54) is 12.1 Å². The minimum Gasteiger partial charge on any atom is -0.342 e. The molecule has 1 aliphatic rings. The number of aromatic nitrogens is 1. The van der Waals surface area contributed by atoms with Crippen LogP contribution in [0.2, 0.25) is 5.02 Å². The second-order valence-electron chi connectivity index (χ2n) is 7.06. The molecule has 0 fully saturated rings. The van der Waals surface area contributed by atoms with Gasteiger partial charge in [0.05, 0.1) is 5.69 Å². The Kier molecular flexibility index (Phi) is 4.22. The molecule has 0 saturated heterocycles. The Bertz CT molecular complexity index is 1290. The quantitative estimate of drug-likeness (QED) is 0.420. The van der Waals surface area contributed by atoms with Crippen LogP contribution in [0.25, 0.3) is 22.6 Å². The summed E-state index contributed by atoms with van der Waals surface area (Å²) in [6, 6.07) is 20.0. The monoisotopic (exact) mass is 402 g/mol. The molecule has 4 aromatic rings. The van der Waals surface area contributed by atoms with Gasteiger partial charge < -0.3 is 9.88 Å². The molecule has 5 rings (SSSR count). The van der Waals surface area contributed by atoms with Crippen molar-refractivity contribution in [2.45, 2.75) is 6.54 Å². The third-order valence-electron chi connectivity index (χ3n) is 5.15. The second-order valence-corrected chi connectivity index (χ2v) is 7.49. The fourth-order valence-corrected chi connectivity index (χ4v) is 3.95. The Labute approximate surface area is 172 Å². The molecule has 3 aromatic carbocycles. The van der Waals surface area contributed by atoms with E-state index in [2.05, 4.69) is 9.88 Å². The molecule has 1 N–H and O–H groups in total. The molecule has 142 valence electrons. The number of benzene rings is 3. The van der Waals surface area contributed by atoms with Crippen LogP contribution in [0.1, 0.15) is 16.7 Å². The van der Waals surface area contributed by atoms with Crippen LogP contribution in [0.5, 0.6) is 0 Å². The van der Waals surface area contributed by atoms with Crippen LogP contribution in [0.15, 0.2) is 72.9 Å². The molecule has 0 radical (unpaired) electrons. The molecule has 2 heterocycles. The number of anilines is 1. The molecule has 1 aromatic heterocycles. The molecule has 0 unspecified atom stereocenters. The predicted molar refractivity (Wildman–Crippen MR) is 115 cm³/mol. The highest BCUT2D eigenvalue weighted by atomic mass is 35.5. The van der Waals surface area contributed by atoms with E-state index in [4.69, 9.17) is 11.6 Å². The van der Waals surface area contributed by atoms with Crippen molar-refractivity contribution in [1.29, 1.82) is 0 Å². The lowest BCUT2D eigenvalue weighted by atomic mass is 10.0. The summed E-state index contributed by atoms with van der Waals surface area (Å²) in [5, 5.41) is 4.51. The summed E-state index contributed by atoms with van der Waals surface area (Å²) in [6.07, 6.45) is 3.95.